The third kappa shape index (κ3) is 6.26. The lowest BCUT2D eigenvalue weighted by Gasteiger charge is -2.16. The second kappa shape index (κ2) is 9.60. The Balaban J connectivity index is 0.00000264. The number of nitrogens with one attached hydrogen (secondary N) is 1. The third-order valence-corrected chi connectivity index (χ3v) is 4.48. The molecule has 2 atom stereocenters. The molecular weight excluding hydrogens is 328 g/mol. The Labute approximate surface area is 148 Å². The second-order valence-electron chi connectivity index (χ2n) is 5.38. The first-order valence-corrected chi connectivity index (χ1v) is 8.26. The van der Waals surface area contributed by atoms with Crippen molar-refractivity contribution < 1.29 is 4.79 Å². The Kier molecular flexibility index (Phi) is 8.17. The van der Waals surface area contributed by atoms with Crippen molar-refractivity contribution in [2.75, 3.05) is 6.54 Å². The molecule has 0 spiro atoms. The lowest BCUT2D eigenvalue weighted by atomic mass is 10.1. The smallest absolute Gasteiger partial charge is 0.241 e. The van der Waals surface area contributed by atoms with Crippen molar-refractivity contribution >= 4 is 30.1 Å². The number of nitrogens with two attached hydrogens (primary N) is 1. The minimum atomic E-state index is -0.616. The van der Waals surface area contributed by atoms with E-state index in [-0.39, 0.29) is 23.6 Å². The maximum atomic E-state index is 12.1. The summed E-state index contributed by atoms with van der Waals surface area (Å²) in [4.78, 5) is 13.3. The molecule has 0 bridgehead atoms. The number of rotatable bonds is 6. The van der Waals surface area contributed by atoms with E-state index in [2.05, 4.69) is 24.4 Å². The van der Waals surface area contributed by atoms with Gasteiger partial charge in [-0.05, 0) is 24.6 Å². The highest BCUT2D eigenvalue weighted by molar-refractivity contribution is 8.00. The molecule has 3 N–H and O–H groups in total. The van der Waals surface area contributed by atoms with E-state index >= 15 is 0 Å². The fourth-order valence-electron chi connectivity index (χ4n) is 2.05. The van der Waals surface area contributed by atoms with E-state index in [0.29, 0.717) is 6.54 Å². The maximum absolute atomic E-state index is 12.1. The molecule has 0 radical (unpaired) electrons. The molecular formula is C18H23ClN2OS. The van der Waals surface area contributed by atoms with Gasteiger partial charge in [0.15, 0.2) is 0 Å². The SMILES string of the molecule is Cc1ccc(C(N)C(=O)NCC(C)Sc2ccccc2)cc1.Cl. The molecule has 124 valence electrons. The van der Waals surface area contributed by atoms with Gasteiger partial charge < -0.3 is 11.1 Å². The molecule has 0 saturated carbocycles. The molecule has 1 amide bonds. The number of hydrogen-bond acceptors (Lipinski definition) is 3. The zero-order chi connectivity index (χ0) is 15.9. The summed E-state index contributed by atoms with van der Waals surface area (Å²) in [5.41, 5.74) is 8.00. The van der Waals surface area contributed by atoms with Crippen LogP contribution in [0.4, 0.5) is 0 Å². The van der Waals surface area contributed by atoms with Crippen LogP contribution in [0.1, 0.15) is 24.1 Å². The highest BCUT2D eigenvalue weighted by Crippen LogP contribution is 2.22. The number of carbonyl (C=O) groups excluding carboxylic acids is 1. The van der Waals surface area contributed by atoms with Crippen molar-refractivity contribution in [3.05, 3.63) is 65.7 Å². The molecule has 0 aromatic heterocycles. The third-order valence-electron chi connectivity index (χ3n) is 3.36. The molecule has 0 aliphatic heterocycles. The van der Waals surface area contributed by atoms with Crippen LogP contribution in [0.2, 0.25) is 0 Å². The van der Waals surface area contributed by atoms with Crippen LogP contribution in [0.15, 0.2) is 59.5 Å². The first-order chi connectivity index (χ1) is 10.6. The molecule has 0 heterocycles. The van der Waals surface area contributed by atoms with Crippen LogP contribution < -0.4 is 11.1 Å². The normalized spacial score (nSPS) is 12.8. The van der Waals surface area contributed by atoms with Crippen LogP contribution in [-0.2, 0) is 4.79 Å². The van der Waals surface area contributed by atoms with Gasteiger partial charge >= 0.3 is 0 Å². The molecule has 2 aromatic rings. The Morgan fingerprint density at radius 3 is 2.35 bits per heavy atom. The van der Waals surface area contributed by atoms with Crippen molar-refractivity contribution in [3.8, 4) is 0 Å². The predicted octanol–water partition coefficient (Wildman–Crippen LogP) is 3.71. The summed E-state index contributed by atoms with van der Waals surface area (Å²) in [5.74, 6) is -0.135. The Bertz CT molecular complexity index is 604. The zero-order valence-electron chi connectivity index (χ0n) is 13.4. The van der Waals surface area contributed by atoms with Crippen LogP contribution >= 0.6 is 24.2 Å². The number of amides is 1. The zero-order valence-corrected chi connectivity index (χ0v) is 15.0. The highest BCUT2D eigenvalue weighted by Gasteiger charge is 2.16. The first-order valence-electron chi connectivity index (χ1n) is 7.38. The first kappa shape index (κ1) is 19.6. The highest BCUT2D eigenvalue weighted by atomic mass is 35.5. The van der Waals surface area contributed by atoms with Crippen molar-refractivity contribution in [2.45, 2.75) is 30.0 Å². The van der Waals surface area contributed by atoms with E-state index in [0.717, 1.165) is 11.1 Å². The monoisotopic (exact) mass is 350 g/mol. The molecule has 2 unspecified atom stereocenters. The number of hydrogen-bond donors (Lipinski definition) is 2. The lowest BCUT2D eigenvalue weighted by molar-refractivity contribution is -0.122. The van der Waals surface area contributed by atoms with E-state index in [1.807, 2.05) is 49.4 Å². The fraction of sp³-hybridized carbons (Fsp3) is 0.278. The maximum Gasteiger partial charge on any atom is 0.241 e. The quantitative estimate of drug-likeness (QED) is 0.781. The number of carbonyl (C=O) groups is 1. The van der Waals surface area contributed by atoms with E-state index in [1.165, 1.54) is 4.90 Å². The average molecular weight is 351 g/mol. The summed E-state index contributed by atoms with van der Waals surface area (Å²) in [7, 11) is 0. The molecule has 0 aliphatic rings. The Hall–Kier alpha value is -1.49. The summed E-state index contributed by atoms with van der Waals surface area (Å²) >= 11 is 1.74. The van der Waals surface area contributed by atoms with Gasteiger partial charge in [0.05, 0.1) is 0 Å². The van der Waals surface area contributed by atoms with Gasteiger partial charge in [0.1, 0.15) is 6.04 Å². The standard InChI is InChI=1S/C18H22N2OS.ClH/c1-13-8-10-15(11-9-13)17(19)18(21)20-12-14(2)22-16-6-4-3-5-7-16;/h3-11,14,17H,12,19H2,1-2H3,(H,20,21);1H. The van der Waals surface area contributed by atoms with Gasteiger partial charge in [-0.2, -0.15) is 0 Å². The van der Waals surface area contributed by atoms with Crippen LogP contribution in [0, 0.1) is 6.92 Å². The van der Waals surface area contributed by atoms with E-state index in [4.69, 9.17) is 5.73 Å². The average Bonchev–Trinajstić information content (AvgIpc) is 2.53. The predicted molar refractivity (Wildman–Crippen MR) is 100 cm³/mol. The number of thioether (sulfide) groups is 1. The summed E-state index contributed by atoms with van der Waals surface area (Å²) in [6.45, 7) is 4.70. The molecule has 5 heteroatoms. The summed E-state index contributed by atoms with van der Waals surface area (Å²) in [6, 6.07) is 17.3. The fourth-order valence-corrected chi connectivity index (χ4v) is 3.00. The van der Waals surface area contributed by atoms with Crippen molar-refractivity contribution in [2.24, 2.45) is 5.73 Å². The van der Waals surface area contributed by atoms with Gasteiger partial charge in [-0.15, -0.1) is 24.2 Å². The molecule has 0 aliphatic carbocycles. The van der Waals surface area contributed by atoms with E-state index < -0.39 is 6.04 Å². The molecule has 23 heavy (non-hydrogen) atoms. The topological polar surface area (TPSA) is 55.1 Å². The molecule has 0 fully saturated rings. The van der Waals surface area contributed by atoms with Crippen molar-refractivity contribution in [1.29, 1.82) is 0 Å². The number of aryl methyl sites for hydroxylation is 1. The van der Waals surface area contributed by atoms with E-state index in [9.17, 15) is 4.79 Å². The minimum Gasteiger partial charge on any atom is -0.353 e. The Morgan fingerprint density at radius 2 is 1.74 bits per heavy atom. The molecule has 0 saturated heterocycles. The molecule has 3 nitrogen and oxygen atoms in total. The van der Waals surface area contributed by atoms with E-state index in [1.54, 1.807) is 11.8 Å². The van der Waals surface area contributed by atoms with Gasteiger partial charge in [-0.3, -0.25) is 4.79 Å². The summed E-state index contributed by atoms with van der Waals surface area (Å²) < 4.78 is 0. The molecule has 2 rings (SSSR count). The second-order valence-corrected chi connectivity index (χ2v) is 6.89. The van der Waals surface area contributed by atoms with Gasteiger partial charge in [0.25, 0.3) is 0 Å². The summed E-state index contributed by atoms with van der Waals surface area (Å²) in [6.07, 6.45) is 0. The van der Waals surface area contributed by atoms with Crippen molar-refractivity contribution in [3.63, 3.8) is 0 Å². The lowest BCUT2D eigenvalue weighted by Crippen LogP contribution is -2.37. The Morgan fingerprint density at radius 1 is 1.13 bits per heavy atom. The van der Waals surface area contributed by atoms with Gasteiger partial charge in [0.2, 0.25) is 5.91 Å². The minimum absolute atomic E-state index is 0. The number of halogens is 1. The van der Waals surface area contributed by atoms with Gasteiger partial charge in [-0.25, -0.2) is 0 Å². The van der Waals surface area contributed by atoms with Crippen LogP contribution in [0.5, 0.6) is 0 Å². The number of benzene rings is 2. The van der Waals surface area contributed by atoms with Crippen molar-refractivity contribution in [1.82, 2.24) is 5.32 Å². The van der Waals surface area contributed by atoms with Crippen LogP contribution in [0.3, 0.4) is 0 Å². The van der Waals surface area contributed by atoms with Crippen LogP contribution in [-0.4, -0.2) is 17.7 Å². The largest absolute Gasteiger partial charge is 0.353 e. The van der Waals surface area contributed by atoms with Gasteiger partial charge in [0, 0.05) is 16.7 Å². The summed E-state index contributed by atoms with van der Waals surface area (Å²) in [5, 5.41) is 3.22. The van der Waals surface area contributed by atoms with Gasteiger partial charge in [-0.1, -0.05) is 55.0 Å². The molecule has 2 aromatic carbocycles. The van der Waals surface area contributed by atoms with Crippen LogP contribution in [0.25, 0.3) is 0 Å².